The zero-order valence-corrected chi connectivity index (χ0v) is 18.6. The summed E-state index contributed by atoms with van der Waals surface area (Å²) in [6.45, 7) is 10.9. The number of nitrogens with zero attached hydrogens (tertiary/aromatic N) is 1. The third-order valence-electron chi connectivity index (χ3n) is 5.21. The fraction of sp³-hybridized carbons (Fsp3) is 0.391. The summed E-state index contributed by atoms with van der Waals surface area (Å²) < 4.78 is 11.4. The molecule has 4 rings (SSSR count). The van der Waals surface area contributed by atoms with Gasteiger partial charge in [0.05, 0.1) is 12.2 Å². The Kier molecular flexibility index (Phi) is 4.88. The Morgan fingerprint density at radius 3 is 2.83 bits per heavy atom. The average Bonchev–Trinajstić information content (AvgIpc) is 3.23. The maximum absolute atomic E-state index is 13.0. The zero-order valence-electron chi connectivity index (χ0n) is 17.8. The summed E-state index contributed by atoms with van der Waals surface area (Å²) in [5.74, 6) is 0.410. The standard InChI is InChI=1S/C23H25N3O3S/c1-6-28-16-9-7-8-13-10-17(29-18(13)16)20(27)25-21-15(12-24)14-11-22(2,3)26-23(4,5)19(14)30-21/h7-10,26H,6,11H2,1-5H3,(H,25,27). The summed E-state index contributed by atoms with van der Waals surface area (Å²) in [7, 11) is 0. The van der Waals surface area contributed by atoms with Gasteiger partial charge in [0.15, 0.2) is 17.1 Å². The molecule has 0 saturated carbocycles. The maximum atomic E-state index is 13.0. The van der Waals surface area contributed by atoms with Crippen LogP contribution in [0.5, 0.6) is 5.75 Å². The van der Waals surface area contributed by atoms with Gasteiger partial charge >= 0.3 is 0 Å². The highest BCUT2D eigenvalue weighted by molar-refractivity contribution is 7.17. The molecule has 156 valence electrons. The van der Waals surface area contributed by atoms with Gasteiger partial charge in [-0.15, -0.1) is 11.3 Å². The molecule has 0 fully saturated rings. The second-order valence-electron chi connectivity index (χ2n) is 8.71. The van der Waals surface area contributed by atoms with Crippen molar-refractivity contribution in [3.05, 3.63) is 46.0 Å². The smallest absolute Gasteiger partial charge is 0.292 e. The predicted octanol–water partition coefficient (Wildman–Crippen LogP) is 5.18. The molecule has 7 heteroatoms. The number of nitriles is 1. The zero-order chi connectivity index (χ0) is 21.7. The van der Waals surface area contributed by atoms with Gasteiger partial charge in [0.1, 0.15) is 11.1 Å². The number of amides is 1. The Morgan fingerprint density at radius 1 is 1.37 bits per heavy atom. The van der Waals surface area contributed by atoms with Crippen LogP contribution in [0.4, 0.5) is 5.00 Å². The number of rotatable bonds is 4. The normalized spacial score (nSPS) is 16.7. The first-order valence-electron chi connectivity index (χ1n) is 9.97. The summed E-state index contributed by atoms with van der Waals surface area (Å²) in [5, 5.41) is 17.7. The molecule has 1 aliphatic rings. The van der Waals surface area contributed by atoms with E-state index in [1.54, 1.807) is 6.07 Å². The second kappa shape index (κ2) is 7.15. The number of anilines is 1. The van der Waals surface area contributed by atoms with Crippen LogP contribution in [0.15, 0.2) is 28.7 Å². The molecular weight excluding hydrogens is 398 g/mol. The van der Waals surface area contributed by atoms with Crippen LogP contribution in [0.1, 0.15) is 61.2 Å². The molecule has 2 N–H and O–H groups in total. The van der Waals surface area contributed by atoms with Gasteiger partial charge in [-0.2, -0.15) is 5.26 Å². The Labute approximate surface area is 179 Å². The highest BCUT2D eigenvalue weighted by Crippen LogP contribution is 2.45. The lowest BCUT2D eigenvalue weighted by Gasteiger charge is -2.42. The number of thiophene rings is 1. The number of hydrogen-bond donors (Lipinski definition) is 2. The van der Waals surface area contributed by atoms with Crippen molar-refractivity contribution in [1.82, 2.24) is 5.32 Å². The first-order chi connectivity index (χ1) is 14.1. The van der Waals surface area contributed by atoms with Gasteiger partial charge < -0.3 is 19.8 Å². The summed E-state index contributed by atoms with van der Waals surface area (Å²) in [6.07, 6.45) is 0.726. The molecule has 0 radical (unpaired) electrons. The van der Waals surface area contributed by atoms with E-state index in [2.05, 4.69) is 44.4 Å². The van der Waals surface area contributed by atoms with E-state index in [4.69, 9.17) is 9.15 Å². The Hall–Kier alpha value is -2.82. The molecule has 3 aromatic rings. The number of furan rings is 1. The Bertz CT molecular complexity index is 1180. The van der Waals surface area contributed by atoms with E-state index in [1.807, 2.05) is 25.1 Å². The first-order valence-corrected chi connectivity index (χ1v) is 10.8. The van der Waals surface area contributed by atoms with E-state index in [0.717, 1.165) is 22.2 Å². The fourth-order valence-corrected chi connectivity index (χ4v) is 5.54. The summed E-state index contributed by atoms with van der Waals surface area (Å²) >= 11 is 1.45. The van der Waals surface area contributed by atoms with Crippen LogP contribution in [0, 0.1) is 11.3 Å². The van der Waals surface area contributed by atoms with E-state index < -0.39 is 0 Å². The van der Waals surface area contributed by atoms with E-state index in [9.17, 15) is 10.1 Å². The van der Waals surface area contributed by atoms with Crippen LogP contribution >= 0.6 is 11.3 Å². The number of hydrogen-bond acceptors (Lipinski definition) is 6. The number of carbonyl (C=O) groups excluding carboxylic acids is 1. The number of nitrogens with one attached hydrogen (secondary N) is 2. The van der Waals surface area contributed by atoms with Crippen molar-refractivity contribution < 1.29 is 13.9 Å². The quantitative estimate of drug-likeness (QED) is 0.604. The Morgan fingerprint density at radius 2 is 2.13 bits per heavy atom. The number of carbonyl (C=O) groups is 1. The van der Waals surface area contributed by atoms with Gasteiger partial charge in [0.25, 0.3) is 5.91 Å². The van der Waals surface area contributed by atoms with Gasteiger partial charge in [0.2, 0.25) is 0 Å². The molecule has 0 bridgehead atoms. The van der Waals surface area contributed by atoms with E-state index >= 15 is 0 Å². The molecule has 0 unspecified atom stereocenters. The van der Waals surface area contributed by atoms with Crippen molar-refractivity contribution in [2.75, 3.05) is 11.9 Å². The lowest BCUT2D eigenvalue weighted by molar-refractivity contribution is 0.0999. The number of ether oxygens (including phenoxy) is 1. The highest BCUT2D eigenvalue weighted by atomic mass is 32.1. The van der Waals surface area contributed by atoms with Crippen LogP contribution in [0.25, 0.3) is 11.0 Å². The first kappa shape index (κ1) is 20.5. The SMILES string of the molecule is CCOc1cccc2cc(C(=O)Nc3sc4c(c3C#N)CC(C)(C)NC4(C)C)oc12. The minimum atomic E-state index is -0.381. The van der Waals surface area contributed by atoms with Crippen LogP contribution in [0.2, 0.25) is 0 Å². The maximum Gasteiger partial charge on any atom is 0.292 e. The Balaban J connectivity index is 1.70. The van der Waals surface area contributed by atoms with Gasteiger partial charge in [0, 0.05) is 21.3 Å². The predicted molar refractivity (Wildman–Crippen MR) is 118 cm³/mol. The van der Waals surface area contributed by atoms with Crippen molar-refractivity contribution in [3.8, 4) is 11.8 Å². The molecule has 0 spiro atoms. The number of fused-ring (bicyclic) bond motifs is 2. The molecule has 1 aliphatic heterocycles. The molecule has 0 aliphatic carbocycles. The van der Waals surface area contributed by atoms with E-state index in [1.165, 1.54) is 11.3 Å². The molecule has 30 heavy (non-hydrogen) atoms. The molecule has 6 nitrogen and oxygen atoms in total. The van der Waals surface area contributed by atoms with E-state index in [0.29, 0.717) is 28.5 Å². The van der Waals surface area contributed by atoms with Crippen LogP contribution in [-0.2, 0) is 12.0 Å². The highest BCUT2D eigenvalue weighted by Gasteiger charge is 2.40. The van der Waals surface area contributed by atoms with Gasteiger partial charge in [-0.25, -0.2) is 0 Å². The van der Waals surface area contributed by atoms with Crippen molar-refractivity contribution >= 4 is 33.2 Å². The average molecular weight is 424 g/mol. The largest absolute Gasteiger partial charge is 0.490 e. The molecule has 3 heterocycles. The van der Waals surface area contributed by atoms with Crippen LogP contribution in [0.3, 0.4) is 0 Å². The molecule has 0 atom stereocenters. The molecule has 1 aromatic carbocycles. The lowest BCUT2D eigenvalue weighted by Crippen LogP contribution is -2.54. The number of para-hydroxylation sites is 1. The summed E-state index contributed by atoms with van der Waals surface area (Å²) in [4.78, 5) is 14.0. The molecule has 1 amide bonds. The minimum absolute atomic E-state index is 0.140. The lowest BCUT2D eigenvalue weighted by atomic mass is 9.81. The minimum Gasteiger partial charge on any atom is -0.490 e. The topological polar surface area (TPSA) is 87.3 Å². The van der Waals surface area contributed by atoms with Crippen molar-refractivity contribution in [3.63, 3.8) is 0 Å². The third-order valence-corrected chi connectivity index (χ3v) is 6.69. The molecule has 0 saturated heterocycles. The summed E-state index contributed by atoms with van der Waals surface area (Å²) in [6, 6.07) is 9.55. The number of benzene rings is 1. The third kappa shape index (κ3) is 3.47. The second-order valence-corrected chi connectivity index (χ2v) is 9.73. The monoisotopic (exact) mass is 423 g/mol. The summed E-state index contributed by atoms with van der Waals surface area (Å²) in [5.41, 5.74) is 1.66. The van der Waals surface area contributed by atoms with Gasteiger partial charge in [-0.05, 0) is 58.7 Å². The van der Waals surface area contributed by atoms with Crippen LogP contribution < -0.4 is 15.4 Å². The van der Waals surface area contributed by atoms with Crippen molar-refractivity contribution in [2.24, 2.45) is 0 Å². The van der Waals surface area contributed by atoms with Gasteiger partial charge in [-0.3, -0.25) is 4.79 Å². The fourth-order valence-electron chi connectivity index (χ4n) is 4.32. The molecule has 2 aromatic heterocycles. The van der Waals surface area contributed by atoms with Gasteiger partial charge in [-0.1, -0.05) is 12.1 Å². The van der Waals surface area contributed by atoms with E-state index in [-0.39, 0.29) is 22.7 Å². The molecular formula is C23H25N3O3S. The van der Waals surface area contributed by atoms with Crippen molar-refractivity contribution in [2.45, 2.75) is 52.1 Å². The van der Waals surface area contributed by atoms with Crippen LogP contribution in [-0.4, -0.2) is 18.1 Å². The van der Waals surface area contributed by atoms with Crippen molar-refractivity contribution in [1.29, 1.82) is 5.26 Å².